The molecule has 0 rings (SSSR count). The molecule has 0 aliphatic heterocycles. The van der Waals surface area contributed by atoms with E-state index in [1.165, 1.54) is 0 Å². The van der Waals surface area contributed by atoms with Gasteiger partial charge in [-0.1, -0.05) is 0 Å². The van der Waals surface area contributed by atoms with Crippen molar-refractivity contribution in [3.05, 3.63) is 0 Å². The fourth-order valence-electron chi connectivity index (χ4n) is 0. The van der Waals surface area contributed by atoms with Crippen molar-refractivity contribution in [2.75, 3.05) is 0 Å². The Balaban J connectivity index is 0. The Morgan fingerprint density at radius 2 is 1.83 bits per heavy atom. The second-order valence-corrected chi connectivity index (χ2v) is 0.492. The summed E-state index contributed by atoms with van der Waals surface area (Å²) in [4.78, 5) is 8.89. The molecule has 0 unspecified atom stereocenters. The number of aliphatic carboxylic acids is 1. The van der Waals surface area contributed by atoms with Crippen molar-refractivity contribution in [2.24, 2.45) is 0 Å². The molecule has 0 aliphatic carbocycles. The maximum atomic E-state index is 8.89. The van der Waals surface area contributed by atoms with Crippen LogP contribution in [0.15, 0.2) is 0 Å². The van der Waals surface area contributed by atoms with Gasteiger partial charge in [0.1, 0.15) is 0 Å². The minimum absolute atomic E-state index is 0.375. The Kier molecular flexibility index (Phi) is 14.0. The van der Waals surface area contributed by atoms with Crippen molar-refractivity contribution in [3.63, 3.8) is 0 Å². The van der Waals surface area contributed by atoms with Crippen molar-refractivity contribution in [1.82, 2.24) is 0 Å². The fraction of sp³-hybridized carbons (Fsp3) is 0.500. The van der Waals surface area contributed by atoms with Gasteiger partial charge in [-0.15, -0.1) is 0 Å². The van der Waals surface area contributed by atoms with Gasteiger partial charge in [0, 0.05) is 5.97 Å². The third-order valence-electron chi connectivity index (χ3n) is 0. The zero-order chi connectivity index (χ0) is 5.58. The van der Waals surface area contributed by atoms with E-state index in [2.05, 4.69) is 0 Å². The Bertz CT molecular complexity index is 31.8. The summed E-state index contributed by atoms with van der Waals surface area (Å²) in [6.45, 7) is 0.972. The molecule has 0 radical (unpaired) electrons. The van der Waals surface area contributed by atoms with Gasteiger partial charge in [0.05, 0.1) is 0 Å². The first-order valence-corrected chi connectivity index (χ1v) is 2.55. The molecule has 0 fully saturated rings. The van der Waals surface area contributed by atoms with E-state index >= 15 is 0 Å². The summed E-state index contributed by atoms with van der Waals surface area (Å²) in [6.07, 6.45) is 0. The first kappa shape index (κ1) is 9.41. The Labute approximate surface area is 46.1 Å². The zero-order valence-corrected chi connectivity index (χ0v) is 6.44. The van der Waals surface area contributed by atoms with Crippen molar-refractivity contribution in [3.8, 4) is 0 Å². The Hall–Kier alpha value is 0.0534. The van der Waals surface area contributed by atoms with Crippen LogP contribution in [0.5, 0.6) is 0 Å². The minimum atomic E-state index is -1.08. The summed E-state index contributed by atoms with van der Waals surface area (Å²) < 4.78 is 7.12. The average Bonchev–Trinajstić information content (AvgIpc) is 1.41. The fourth-order valence-corrected chi connectivity index (χ4v) is 0. The molecule has 0 aromatic rings. The van der Waals surface area contributed by atoms with Gasteiger partial charge in [-0.05, 0) is 6.92 Å². The quantitative estimate of drug-likeness (QED) is 0.405. The standard InChI is InChI=1S/C2H4O2.H2O.Zn/c1-2(3)4;;/h1H3,(H,3,4);1H2;/q;;+2/p-2. The number of hydrogen-bond donors (Lipinski definition) is 1. The van der Waals surface area contributed by atoms with E-state index in [1.807, 2.05) is 0 Å². The molecular formula is C2H4O3Zn. The third-order valence-corrected chi connectivity index (χ3v) is 0. The van der Waals surface area contributed by atoms with Crippen LogP contribution in [0.2, 0.25) is 0 Å². The van der Waals surface area contributed by atoms with Crippen LogP contribution in [-0.2, 0) is 23.5 Å². The maximum absolute atomic E-state index is 8.89. The molecule has 32 valence electrons. The Morgan fingerprint density at radius 1 is 1.83 bits per heavy atom. The summed E-state index contributed by atoms with van der Waals surface area (Å²) in [5.74, 6) is -1.08. The summed E-state index contributed by atoms with van der Waals surface area (Å²) in [7, 11) is 0. The molecule has 0 atom stereocenters. The second kappa shape index (κ2) is 8.91. The third kappa shape index (κ3) is 13300. The molecule has 0 bridgehead atoms. The number of rotatable bonds is 0. The van der Waals surface area contributed by atoms with Crippen LogP contribution in [0.25, 0.3) is 0 Å². The van der Waals surface area contributed by atoms with E-state index in [-0.39, 0.29) is 0 Å². The molecule has 0 aromatic heterocycles. The first-order valence-electron chi connectivity index (χ1n) is 1.22. The van der Waals surface area contributed by atoms with Crippen LogP contribution in [0, 0.1) is 0 Å². The monoisotopic (exact) mass is 140 g/mol. The number of hydrogen-bond acceptors (Lipinski definition) is 3. The van der Waals surface area contributed by atoms with Gasteiger partial charge in [0.25, 0.3) is 0 Å². The molecule has 0 amide bonds. The van der Waals surface area contributed by atoms with E-state index in [9.17, 15) is 0 Å². The predicted molar refractivity (Wildman–Crippen MR) is 12.9 cm³/mol. The van der Waals surface area contributed by atoms with Crippen LogP contribution in [0.4, 0.5) is 0 Å². The van der Waals surface area contributed by atoms with Crippen LogP contribution < -0.4 is 5.11 Å². The number of carbonyl (C=O) groups excluding carboxylic acids is 1. The predicted octanol–water partition coefficient (Wildman–Crippen LogP) is -1.80. The SMILES string of the molecule is CC(=O)[O-].[OH][Zn+]. The van der Waals surface area contributed by atoms with Crippen LogP contribution >= 0.6 is 0 Å². The van der Waals surface area contributed by atoms with E-state index in [1.54, 1.807) is 0 Å². The molecule has 1 N–H and O–H groups in total. The van der Waals surface area contributed by atoms with Crippen molar-refractivity contribution >= 4 is 5.97 Å². The van der Waals surface area contributed by atoms with Gasteiger partial charge in [0.15, 0.2) is 0 Å². The van der Waals surface area contributed by atoms with Gasteiger partial charge in [0.2, 0.25) is 0 Å². The van der Waals surface area contributed by atoms with Crippen molar-refractivity contribution < 1.29 is 32.5 Å². The molecule has 6 heavy (non-hydrogen) atoms. The summed E-state index contributed by atoms with van der Waals surface area (Å²) in [5, 5.41) is 8.89. The molecule has 0 saturated heterocycles. The summed E-state index contributed by atoms with van der Waals surface area (Å²) >= 11 is 0.375. The molecule has 0 saturated carbocycles. The van der Waals surface area contributed by atoms with Crippen molar-refractivity contribution in [1.29, 1.82) is 0 Å². The zero-order valence-electron chi connectivity index (χ0n) is 3.47. The topological polar surface area (TPSA) is 60.4 Å². The van der Waals surface area contributed by atoms with Crippen LogP contribution in [0.1, 0.15) is 6.92 Å². The number of carboxylic acids is 1. The van der Waals surface area contributed by atoms with Gasteiger partial charge in [-0.3, -0.25) is 0 Å². The second-order valence-electron chi connectivity index (χ2n) is 0.492. The van der Waals surface area contributed by atoms with Gasteiger partial charge >= 0.3 is 22.6 Å². The van der Waals surface area contributed by atoms with Crippen LogP contribution in [0.3, 0.4) is 0 Å². The Morgan fingerprint density at radius 3 is 1.83 bits per heavy atom. The average molecular weight is 141 g/mol. The van der Waals surface area contributed by atoms with Crippen molar-refractivity contribution in [2.45, 2.75) is 6.92 Å². The normalized spacial score (nSPS) is 5.33. The number of carboxylic acid groups (broad SMARTS) is 1. The van der Waals surface area contributed by atoms with Gasteiger partial charge < -0.3 is 9.90 Å². The summed E-state index contributed by atoms with van der Waals surface area (Å²) in [5.41, 5.74) is 0. The molecule has 0 heterocycles. The summed E-state index contributed by atoms with van der Waals surface area (Å²) in [6, 6.07) is 0. The van der Waals surface area contributed by atoms with E-state index in [0.717, 1.165) is 6.92 Å². The molecular weight excluding hydrogens is 137 g/mol. The molecule has 0 aliphatic rings. The first-order chi connectivity index (χ1) is 2.73. The molecule has 0 aromatic carbocycles. The van der Waals surface area contributed by atoms with Gasteiger partial charge in [-0.2, -0.15) is 0 Å². The van der Waals surface area contributed by atoms with Crippen LogP contribution in [-0.4, -0.2) is 9.90 Å². The van der Waals surface area contributed by atoms with E-state index < -0.39 is 5.97 Å². The molecule has 0 spiro atoms. The van der Waals surface area contributed by atoms with E-state index in [4.69, 9.17) is 13.8 Å². The molecule has 3 nitrogen and oxygen atoms in total. The molecule has 4 heteroatoms. The van der Waals surface area contributed by atoms with Gasteiger partial charge in [-0.25, -0.2) is 0 Å². The van der Waals surface area contributed by atoms with E-state index in [0.29, 0.717) is 18.7 Å². The number of carbonyl (C=O) groups is 1.